The third kappa shape index (κ3) is 33.8. The molecule has 0 spiro atoms. The van der Waals surface area contributed by atoms with Crippen molar-refractivity contribution < 1.29 is 9.60 Å². The Balaban J connectivity index is 0.000000400. The molecule has 0 N–H and O–H groups in total. The number of hydrogen-bond acceptors (Lipinski definition) is 0. The minimum absolute atomic E-state index is 0.0469. The van der Waals surface area contributed by atoms with Crippen molar-refractivity contribution in [3.05, 3.63) is 107 Å². The molecule has 4 bridgehead atoms. The summed E-state index contributed by atoms with van der Waals surface area (Å²) in [5.74, 6) is 4.72. The van der Waals surface area contributed by atoms with Gasteiger partial charge in [-0.15, -0.1) is 0 Å². The quantitative estimate of drug-likeness (QED) is 0.210. The van der Waals surface area contributed by atoms with Gasteiger partial charge < -0.3 is 0 Å². The van der Waals surface area contributed by atoms with Crippen LogP contribution in [0.1, 0.15) is 427 Å². The zero-order valence-electron chi connectivity index (χ0n) is 79.1. The Kier molecular flexibility index (Phi) is 30.8. The molecule has 11 rings (SSSR count). The summed E-state index contributed by atoms with van der Waals surface area (Å²) < 4.78 is 55.3. The molecule has 562 valence electrons. The Bertz CT molecular complexity index is 2810. The Hall–Kier alpha value is -2.34. The minimum atomic E-state index is -0.375. The summed E-state index contributed by atoms with van der Waals surface area (Å²) >= 11 is 0. The highest BCUT2D eigenvalue weighted by Crippen LogP contribution is 2.66. The van der Waals surface area contributed by atoms with Crippen LogP contribution < -0.4 is 0 Å². The maximum atomic E-state index is 8.27. The smallest absolute Gasteiger partial charge is 0.0622 e. The van der Waals surface area contributed by atoms with E-state index in [0.29, 0.717) is 32.8 Å². The molecular weight excluding hydrogens is 1170 g/mol. The summed E-state index contributed by atoms with van der Waals surface area (Å²) in [6.45, 7) is 77.4. The Morgan fingerprint density at radius 2 is 0.639 bits per heavy atom. The molecule has 0 amide bonds. The van der Waals surface area contributed by atoms with E-state index in [1.807, 2.05) is 27.7 Å². The molecule has 0 unspecified atom stereocenters. The van der Waals surface area contributed by atoms with Gasteiger partial charge in [-0.3, -0.25) is 0 Å². The van der Waals surface area contributed by atoms with Gasteiger partial charge in [0.05, 0.1) is 5.48 Å². The van der Waals surface area contributed by atoms with E-state index in [1.165, 1.54) is 107 Å². The lowest BCUT2D eigenvalue weighted by atomic mass is 9.43. The summed E-state index contributed by atoms with van der Waals surface area (Å²) in [5, 5.41) is 0. The zero-order chi connectivity index (χ0) is 80.9. The fraction of sp³-hybridized carbons (Fsp3) is 0.814. The molecule has 0 aromatic heterocycles. The second kappa shape index (κ2) is 37.9. The molecule has 97 heavy (non-hydrogen) atoms. The highest BCUT2D eigenvalue weighted by Gasteiger charge is 2.55. The van der Waals surface area contributed by atoms with Crippen molar-refractivity contribution in [2.45, 2.75) is 418 Å². The molecule has 3 aromatic rings. The fourth-order valence-electron chi connectivity index (χ4n) is 16.7. The van der Waals surface area contributed by atoms with Crippen molar-refractivity contribution in [1.82, 2.24) is 0 Å². The third-order valence-corrected chi connectivity index (χ3v) is 24.0. The second-order valence-electron chi connectivity index (χ2n) is 43.5. The third-order valence-electron chi connectivity index (χ3n) is 24.0. The van der Waals surface area contributed by atoms with E-state index in [2.05, 4.69) is 262 Å². The summed E-state index contributed by atoms with van der Waals surface area (Å²) in [6, 6.07) is 19.4. The van der Waals surface area contributed by atoms with E-state index in [-0.39, 0.29) is 79.8 Å². The van der Waals surface area contributed by atoms with Crippen molar-refractivity contribution in [2.24, 2.45) is 90.6 Å². The highest BCUT2D eigenvalue weighted by atomic mass is 14.6. The van der Waals surface area contributed by atoms with Crippen LogP contribution in [0.3, 0.4) is 0 Å². The van der Waals surface area contributed by atoms with Crippen LogP contribution in [0.25, 0.3) is 0 Å². The molecule has 8 aliphatic carbocycles. The molecule has 8 saturated carbocycles. The van der Waals surface area contributed by atoms with Gasteiger partial charge >= 0.3 is 0 Å². The molecule has 0 heteroatoms. The summed E-state index contributed by atoms with van der Waals surface area (Å²) in [5.41, 5.74) is 9.01. The van der Waals surface area contributed by atoms with Crippen molar-refractivity contribution in [1.29, 1.82) is 0 Å². The van der Waals surface area contributed by atoms with E-state index in [9.17, 15) is 0 Å². The average molecular weight is 1350 g/mol. The SMILES string of the molecule is CC(C)(C)C12CC3CC(CC(C3)C1)C2.CC(C)(C)C1CCCC1.CC(C)(C)C1CCCCC1.CC(C)(C)c1ccc(C(C)(C)C)cc1.CC(C)(C)c1ccccc1.[2H]C(C)(C(C)(C)C)C(C)(C)C.[2H]C1(C(C)(C)C)CCCC1.[2H]C1(C(C)(C)C)CCCCC1.[2H]c1c([2H])c([2H])c(C(C)(C)C)c(C)c1[2H]. The summed E-state index contributed by atoms with van der Waals surface area (Å²) in [6.07, 6.45) is 33.5. The van der Waals surface area contributed by atoms with Crippen LogP contribution >= 0.6 is 0 Å². The van der Waals surface area contributed by atoms with Crippen molar-refractivity contribution in [2.75, 3.05) is 0 Å². The van der Waals surface area contributed by atoms with Crippen LogP contribution in [-0.2, 0) is 21.7 Å². The predicted octanol–water partition coefficient (Wildman–Crippen LogP) is 32.2. The molecule has 8 fully saturated rings. The summed E-state index contributed by atoms with van der Waals surface area (Å²) in [7, 11) is 0. The monoisotopic (exact) mass is 1350 g/mol. The van der Waals surface area contributed by atoms with Gasteiger partial charge in [0.25, 0.3) is 0 Å². The van der Waals surface area contributed by atoms with E-state index >= 15 is 0 Å². The first-order valence-electron chi connectivity index (χ1n) is 43.8. The normalized spacial score (nSPS) is 24.1. The predicted molar refractivity (Wildman–Crippen MR) is 442 cm³/mol. The van der Waals surface area contributed by atoms with Gasteiger partial charge in [0.15, 0.2) is 0 Å². The van der Waals surface area contributed by atoms with Gasteiger partial charge in [0.2, 0.25) is 0 Å². The van der Waals surface area contributed by atoms with Crippen LogP contribution in [0.5, 0.6) is 0 Å². The number of rotatable bonds is 0. The maximum absolute atomic E-state index is 8.27. The molecular formula is C97H174. The van der Waals surface area contributed by atoms with Gasteiger partial charge in [-0.1, -0.05) is 378 Å². The minimum Gasteiger partial charge on any atom is -0.0622 e. The molecule has 0 aliphatic heterocycles. The zero-order valence-corrected chi connectivity index (χ0v) is 72.1. The maximum Gasteiger partial charge on any atom is 0.0626 e. The van der Waals surface area contributed by atoms with E-state index in [4.69, 9.17) is 9.60 Å². The summed E-state index contributed by atoms with van der Waals surface area (Å²) in [4.78, 5) is 0. The second-order valence-corrected chi connectivity index (χ2v) is 43.5. The largest absolute Gasteiger partial charge is 0.0626 e. The lowest BCUT2D eigenvalue weighted by Gasteiger charge is -2.62. The van der Waals surface area contributed by atoms with Crippen molar-refractivity contribution in [3.8, 4) is 0 Å². The molecule has 0 nitrogen and oxygen atoms in total. The van der Waals surface area contributed by atoms with E-state index in [0.717, 1.165) is 60.7 Å². The Morgan fingerprint density at radius 1 is 0.361 bits per heavy atom. The lowest BCUT2D eigenvalue weighted by Crippen LogP contribution is -2.51. The van der Waals surface area contributed by atoms with Gasteiger partial charge in [-0.2, -0.15) is 0 Å². The van der Waals surface area contributed by atoms with Gasteiger partial charge in [-0.25, -0.2) is 0 Å². The molecule has 3 aromatic carbocycles. The van der Waals surface area contributed by atoms with Crippen LogP contribution in [-0.4, -0.2) is 0 Å². The van der Waals surface area contributed by atoms with Crippen LogP contribution in [0.4, 0.5) is 0 Å². The fourth-order valence-corrected chi connectivity index (χ4v) is 16.7. The van der Waals surface area contributed by atoms with E-state index < -0.39 is 0 Å². The van der Waals surface area contributed by atoms with Crippen LogP contribution in [0.2, 0.25) is 0 Å². The first-order chi connectivity index (χ1) is 46.6. The molecule has 0 saturated heterocycles. The topological polar surface area (TPSA) is 0 Å². The number of benzene rings is 3. The number of hydrogen-bond donors (Lipinski definition) is 0. The van der Waals surface area contributed by atoms with Crippen molar-refractivity contribution in [3.63, 3.8) is 0 Å². The van der Waals surface area contributed by atoms with Gasteiger partial charge in [0, 0.05) is 4.11 Å². The average Bonchev–Trinajstić information content (AvgIpc) is 0.989. The molecule has 0 radical (unpaired) electrons. The Morgan fingerprint density at radius 3 is 0.866 bits per heavy atom. The highest BCUT2D eigenvalue weighted by molar-refractivity contribution is 5.32. The van der Waals surface area contributed by atoms with E-state index in [1.54, 1.807) is 45.4 Å². The van der Waals surface area contributed by atoms with Gasteiger partial charge in [0.1, 0.15) is 0 Å². The molecule has 8 aliphatic rings. The standard InChI is InChI=1S/C14H24.C14H22.C11H16.2C10H20.C10H14.C10H22.2C9H18/c1-13(2,3)14-7-10-4-11(8-14)6-12(5-10)9-14;1-13(2,3)11-7-9-12(10-8-11)14(4,5)6;1-9-7-5-6-8-10(9)11(2,3)4;3*1-10(2,3)9-7-5-4-6-8-9;1-8(9(2,3)4)10(5,6)7;2*1-9(2,3)8-6-4-5-7-8/h10-12H,4-9H2,1-3H3;7-10H,1-6H3;5-8H,1-4H3;2*9H,4-8H2,1-3H3;4-8H,1-3H3;8H,1-7H3;2*8H,4-7H2,1-3H3/i;;5D,6D,7D,8D;9D;;;2*8D;. The first kappa shape index (κ1) is 78.8. The molecule has 0 heterocycles. The van der Waals surface area contributed by atoms with Crippen molar-refractivity contribution >= 4 is 0 Å². The molecule has 0 atom stereocenters. The Labute approximate surface area is 621 Å². The van der Waals surface area contributed by atoms with Crippen LogP contribution in [0.15, 0.2) is 78.8 Å². The lowest BCUT2D eigenvalue weighted by molar-refractivity contribution is -0.113. The van der Waals surface area contributed by atoms with Crippen LogP contribution in [0, 0.1) is 97.5 Å². The first-order valence-corrected chi connectivity index (χ1v) is 40.3. The van der Waals surface area contributed by atoms with Gasteiger partial charge in [-0.05, 0) is 237 Å².